The van der Waals surface area contributed by atoms with Crippen molar-refractivity contribution in [1.82, 2.24) is 15.2 Å². The summed E-state index contributed by atoms with van der Waals surface area (Å²) in [5, 5.41) is 4.36. The van der Waals surface area contributed by atoms with Crippen molar-refractivity contribution in [3.8, 4) is 11.6 Å². The number of hydrogen-bond donors (Lipinski definition) is 2. The molecule has 0 bridgehead atoms. The van der Waals surface area contributed by atoms with E-state index in [0.29, 0.717) is 11.3 Å². The molecule has 12 heteroatoms. The number of aromatic nitrogens is 3. The Hall–Kier alpha value is -2.66. The van der Waals surface area contributed by atoms with Crippen molar-refractivity contribution in [2.24, 2.45) is 4.99 Å². The highest BCUT2D eigenvalue weighted by molar-refractivity contribution is 7.06. The van der Waals surface area contributed by atoms with Gasteiger partial charge in [-0.15, -0.1) is 0 Å². The second kappa shape index (κ2) is 6.92. The number of H-pyrrole nitrogens is 2. The number of nitrogens with one attached hydrogen (secondary N) is 2. The summed E-state index contributed by atoms with van der Waals surface area (Å²) in [6.45, 7) is 0. The van der Waals surface area contributed by atoms with Gasteiger partial charge in [-0.1, -0.05) is 11.6 Å². The Labute approximate surface area is 150 Å². The number of hydrogen-bond acceptors (Lipinski definition) is 5. The van der Waals surface area contributed by atoms with Crippen LogP contribution in [0.2, 0.25) is 5.02 Å². The molecule has 0 amide bonds. The van der Waals surface area contributed by atoms with Gasteiger partial charge < -0.3 is 4.74 Å². The summed E-state index contributed by atoms with van der Waals surface area (Å²) in [5.74, 6) is -1.87. The Bertz CT molecular complexity index is 1070. The van der Waals surface area contributed by atoms with Crippen molar-refractivity contribution in [2.75, 3.05) is 0 Å². The molecule has 0 atom stereocenters. The van der Waals surface area contributed by atoms with Crippen LogP contribution in [0.5, 0.6) is 11.6 Å². The smallest absolute Gasteiger partial charge is 0.421 e. The summed E-state index contributed by atoms with van der Waals surface area (Å²) in [5.41, 5.74) is -1.41. The predicted molar refractivity (Wildman–Crippen MR) is 85.2 cm³/mol. The highest BCUT2D eigenvalue weighted by Crippen LogP contribution is 2.39. The van der Waals surface area contributed by atoms with E-state index in [1.54, 1.807) is 0 Å². The van der Waals surface area contributed by atoms with Crippen LogP contribution in [0.3, 0.4) is 0 Å². The second-order valence-corrected chi connectivity index (χ2v) is 6.12. The molecule has 0 aliphatic carbocycles. The Kier molecular flexibility index (Phi) is 4.83. The minimum atomic E-state index is -4.70. The summed E-state index contributed by atoms with van der Waals surface area (Å²) in [4.78, 5) is 18.1. The molecule has 0 fully saturated rings. The first-order valence-corrected chi connectivity index (χ1v) is 7.95. The summed E-state index contributed by atoms with van der Waals surface area (Å²) >= 11 is 6.52. The topological polar surface area (TPSA) is 83.1 Å². The van der Waals surface area contributed by atoms with E-state index < -0.39 is 28.3 Å². The molecular weight excluding hydrogens is 400 g/mol. The van der Waals surface area contributed by atoms with Gasteiger partial charge in [0.1, 0.15) is 17.0 Å². The van der Waals surface area contributed by atoms with Gasteiger partial charge >= 0.3 is 11.0 Å². The summed E-state index contributed by atoms with van der Waals surface area (Å²) in [6.07, 6.45) is -3.59. The number of halogens is 5. The van der Waals surface area contributed by atoms with Crippen LogP contribution in [-0.2, 0) is 6.18 Å². The van der Waals surface area contributed by atoms with E-state index in [1.165, 1.54) is 0 Å². The van der Waals surface area contributed by atoms with Crippen molar-refractivity contribution >= 4 is 28.6 Å². The zero-order valence-corrected chi connectivity index (χ0v) is 14.0. The number of ether oxygens (including phenoxy) is 1. The van der Waals surface area contributed by atoms with Crippen LogP contribution in [0.4, 0.5) is 23.2 Å². The maximum Gasteiger partial charge on any atom is 0.421 e. The number of alkyl halides is 3. The van der Waals surface area contributed by atoms with Gasteiger partial charge in [-0.3, -0.25) is 15.0 Å². The molecule has 2 aromatic heterocycles. The minimum Gasteiger partial charge on any atom is -0.437 e. The van der Waals surface area contributed by atoms with Crippen LogP contribution < -0.4 is 14.4 Å². The van der Waals surface area contributed by atoms with Gasteiger partial charge in [-0.2, -0.15) is 13.2 Å². The van der Waals surface area contributed by atoms with E-state index in [4.69, 9.17) is 16.3 Å². The SMILES string of the molecule is O=c1[nH][nH]/c(=N/c2cc(Oc3ncccc3C(F)(F)F)c(Cl)cc2F)s1. The molecule has 2 N–H and O–H groups in total. The van der Waals surface area contributed by atoms with Crippen LogP contribution in [0.25, 0.3) is 0 Å². The lowest BCUT2D eigenvalue weighted by atomic mass is 10.2. The Morgan fingerprint density at radius 3 is 2.69 bits per heavy atom. The third-order valence-corrected chi connectivity index (χ3v) is 3.94. The Morgan fingerprint density at radius 2 is 2.04 bits per heavy atom. The quantitative estimate of drug-likeness (QED) is 0.645. The summed E-state index contributed by atoms with van der Waals surface area (Å²) in [6, 6.07) is 3.73. The third kappa shape index (κ3) is 3.94. The fraction of sp³-hybridized carbons (Fsp3) is 0.0714. The van der Waals surface area contributed by atoms with Gasteiger partial charge in [0, 0.05) is 12.3 Å². The zero-order chi connectivity index (χ0) is 18.9. The highest BCUT2D eigenvalue weighted by atomic mass is 35.5. The van der Waals surface area contributed by atoms with Crippen molar-refractivity contribution in [2.45, 2.75) is 6.18 Å². The van der Waals surface area contributed by atoms with E-state index in [0.717, 1.165) is 30.5 Å². The first kappa shape index (κ1) is 18.1. The molecule has 3 rings (SSSR count). The molecule has 3 aromatic rings. The van der Waals surface area contributed by atoms with E-state index in [-0.39, 0.29) is 21.3 Å². The van der Waals surface area contributed by atoms with E-state index in [1.807, 2.05) is 0 Å². The van der Waals surface area contributed by atoms with Gasteiger partial charge in [-0.05, 0) is 29.5 Å². The molecule has 0 saturated heterocycles. The first-order chi connectivity index (χ1) is 12.2. The minimum absolute atomic E-state index is 0.0518. The summed E-state index contributed by atoms with van der Waals surface area (Å²) in [7, 11) is 0. The standard InChI is InChI=1S/C14H7ClF4N4O2S/c15-7-4-8(16)9(21-12-22-23-13(24)26-12)5-10(7)25-11-6(14(17,18)19)2-1-3-20-11/h1-5H,(H,21,22)(H,23,24). The Balaban J connectivity index is 2.05. The van der Waals surface area contributed by atoms with E-state index in [2.05, 4.69) is 20.2 Å². The monoisotopic (exact) mass is 406 g/mol. The number of nitrogens with zero attached hydrogens (tertiary/aromatic N) is 2. The number of rotatable bonds is 3. The highest BCUT2D eigenvalue weighted by Gasteiger charge is 2.35. The van der Waals surface area contributed by atoms with Gasteiger partial charge in [0.25, 0.3) is 0 Å². The molecule has 0 radical (unpaired) electrons. The van der Waals surface area contributed by atoms with Crippen LogP contribution in [0.15, 0.2) is 40.2 Å². The summed E-state index contributed by atoms with van der Waals surface area (Å²) < 4.78 is 58.2. The molecule has 0 unspecified atom stereocenters. The normalized spacial score (nSPS) is 12.4. The Morgan fingerprint density at radius 1 is 1.27 bits per heavy atom. The zero-order valence-electron chi connectivity index (χ0n) is 12.4. The van der Waals surface area contributed by atoms with Crippen LogP contribution in [-0.4, -0.2) is 15.2 Å². The molecule has 26 heavy (non-hydrogen) atoms. The van der Waals surface area contributed by atoms with Crippen molar-refractivity contribution in [3.63, 3.8) is 0 Å². The van der Waals surface area contributed by atoms with Gasteiger partial charge in [0.2, 0.25) is 10.7 Å². The molecular formula is C14H7ClF4N4O2S. The van der Waals surface area contributed by atoms with Gasteiger partial charge in [0.15, 0.2) is 5.82 Å². The lowest BCUT2D eigenvalue weighted by molar-refractivity contribution is -0.138. The van der Waals surface area contributed by atoms with Crippen molar-refractivity contribution < 1.29 is 22.3 Å². The van der Waals surface area contributed by atoms with Crippen LogP contribution in [0, 0.1) is 5.82 Å². The maximum atomic E-state index is 14.0. The maximum absolute atomic E-state index is 14.0. The molecule has 0 spiro atoms. The molecule has 0 aliphatic heterocycles. The average Bonchev–Trinajstić information content (AvgIpc) is 2.96. The molecule has 6 nitrogen and oxygen atoms in total. The predicted octanol–water partition coefficient (Wildman–Crippen LogP) is 4.00. The lowest BCUT2D eigenvalue weighted by Gasteiger charge is -2.13. The second-order valence-electron chi connectivity index (χ2n) is 4.75. The number of aromatic amines is 2. The van der Waals surface area contributed by atoms with Crippen LogP contribution in [0.1, 0.15) is 5.56 Å². The number of benzene rings is 1. The molecule has 1 aromatic carbocycles. The van der Waals surface area contributed by atoms with E-state index >= 15 is 0 Å². The first-order valence-electron chi connectivity index (χ1n) is 6.75. The lowest BCUT2D eigenvalue weighted by Crippen LogP contribution is -2.08. The fourth-order valence-electron chi connectivity index (χ4n) is 1.88. The average molecular weight is 407 g/mol. The van der Waals surface area contributed by atoms with Crippen molar-refractivity contribution in [1.29, 1.82) is 0 Å². The van der Waals surface area contributed by atoms with Gasteiger partial charge in [0.05, 0.1) is 5.02 Å². The largest absolute Gasteiger partial charge is 0.437 e. The molecule has 136 valence electrons. The van der Waals surface area contributed by atoms with Crippen molar-refractivity contribution in [3.05, 3.63) is 61.3 Å². The number of pyridine rings is 1. The fourth-order valence-corrected chi connectivity index (χ4v) is 2.59. The van der Waals surface area contributed by atoms with Crippen LogP contribution >= 0.6 is 22.9 Å². The molecule has 0 saturated carbocycles. The van der Waals surface area contributed by atoms with E-state index in [9.17, 15) is 22.4 Å². The van der Waals surface area contributed by atoms with Gasteiger partial charge in [-0.25, -0.2) is 14.4 Å². The molecule has 2 heterocycles. The third-order valence-electron chi connectivity index (χ3n) is 2.97. The molecule has 0 aliphatic rings.